The number of hydrogen-bond donors (Lipinski definition) is 0. The van der Waals surface area contributed by atoms with Crippen LogP contribution in [0.2, 0.25) is 5.02 Å². The summed E-state index contributed by atoms with van der Waals surface area (Å²) in [6.45, 7) is 1.66. The lowest BCUT2D eigenvalue weighted by molar-refractivity contribution is 0.0503. The summed E-state index contributed by atoms with van der Waals surface area (Å²) in [5.74, 6) is 1.11. The molecule has 1 unspecified atom stereocenters. The van der Waals surface area contributed by atoms with Crippen molar-refractivity contribution in [3.8, 4) is 11.5 Å². The summed E-state index contributed by atoms with van der Waals surface area (Å²) in [6, 6.07) is 12.8. The Bertz CT molecular complexity index is 790. The first-order chi connectivity index (χ1) is 13.1. The van der Waals surface area contributed by atoms with Gasteiger partial charge in [-0.1, -0.05) is 29.8 Å². The van der Waals surface area contributed by atoms with E-state index in [1.54, 1.807) is 37.3 Å². The molecule has 0 aliphatic carbocycles. The van der Waals surface area contributed by atoms with E-state index in [1.807, 2.05) is 24.3 Å². The summed E-state index contributed by atoms with van der Waals surface area (Å²) >= 11 is 6.13. The molecule has 1 saturated heterocycles. The molecule has 2 aromatic rings. The highest BCUT2D eigenvalue weighted by molar-refractivity contribution is 6.31. The zero-order chi connectivity index (χ0) is 19.2. The van der Waals surface area contributed by atoms with E-state index in [4.69, 9.17) is 25.8 Å². The molecule has 27 heavy (non-hydrogen) atoms. The highest BCUT2D eigenvalue weighted by Crippen LogP contribution is 2.27. The Kier molecular flexibility index (Phi) is 6.58. The third-order valence-corrected chi connectivity index (χ3v) is 4.92. The largest absolute Gasteiger partial charge is 0.496 e. The Balaban J connectivity index is 1.91. The number of hydrogen-bond acceptors (Lipinski definition) is 4. The lowest BCUT2D eigenvalue weighted by Gasteiger charge is -2.27. The van der Waals surface area contributed by atoms with Gasteiger partial charge in [-0.05, 0) is 37.1 Å². The Morgan fingerprint density at radius 3 is 2.67 bits per heavy atom. The summed E-state index contributed by atoms with van der Waals surface area (Å²) < 4.78 is 16.6. The van der Waals surface area contributed by atoms with Gasteiger partial charge in [-0.3, -0.25) is 4.79 Å². The van der Waals surface area contributed by atoms with Gasteiger partial charge in [0.05, 0.1) is 25.9 Å². The predicted octanol–water partition coefficient (Wildman–Crippen LogP) is 4.18. The molecular weight excluding hydrogens is 366 g/mol. The van der Waals surface area contributed by atoms with Crippen LogP contribution in [0.1, 0.15) is 28.8 Å². The monoisotopic (exact) mass is 389 g/mol. The Morgan fingerprint density at radius 2 is 1.96 bits per heavy atom. The van der Waals surface area contributed by atoms with Gasteiger partial charge in [0, 0.05) is 30.3 Å². The number of carbonyl (C=O) groups is 1. The van der Waals surface area contributed by atoms with Crippen molar-refractivity contribution in [2.75, 3.05) is 27.4 Å². The van der Waals surface area contributed by atoms with E-state index in [0.717, 1.165) is 30.8 Å². The number of amides is 1. The molecule has 1 aliphatic rings. The minimum atomic E-state index is -0.143. The zero-order valence-corrected chi connectivity index (χ0v) is 16.4. The van der Waals surface area contributed by atoms with Crippen molar-refractivity contribution in [3.63, 3.8) is 0 Å². The molecule has 0 spiro atoms. The van der Waals surface area contributed by atoms with Crippen molar-refractivity contribution >= 4 is 17.5 Å². The molecular formula is C21H24ClNO4. The average molecular weight is 390 g/mol. The van der Waals surface area contributed by atoms with Gasteiger partial charge in [0.2, 0.25) is 0 Å². The number of para-hydroxylation sites is 1. The van der Waals surface area contributed by atoms with E-state index in [-0.39, 0.29) is 12.0 Å². The molecule has 3 rings (SSSR count). The van der Waals surface area contributed by atoms with E-state index >= 15 is 0 Å². The Labute approximate surface area is 164 Å². The quantitative estimate of drug-likeness (QED) is 0.712. The second-order valence-electron chi connectivity index (χ2n) is 6.48. The third-order valence-electron chi connectivity index (χ3n) is 4.68. The maximum absolute atomic E-state index is 13.4. The molecule has 1 heterocycles. The fraction of sp³-hybridized carbons (Fsp3) is 0.381. The second-order valence-corrected chi connectivity index (χ2v) is 6.91. The van der Waals surface area contributed by atoms with Crippen molar-refractivity contribution in [1.82, 2.24) is 4.90 Å². The van der Waals surface area contributed by atoms with Crippen LogP contribution in [0.4, 0.5) is 0 Å². The molecule has 1 fully saturated rings. The number of rotatable bonds is 7. The van der Waals surface area contributed by atoms with Crippen molar-refractivity contribution in [3.05, 3.63) is 58.6 Å². The van der Waals surface area contributed by atoms with Gasteiger partial charge in [-0.25, -0.2) is 0 Å². The number of methoxy groups -OCH3 is 2. The van der Waals surface area contributed by atoms with E-state index in [1.165, 1.54) is 0 Å². The van der Waals surface area contributed by atoms with E-state index < -0.39 is 0 Å². The van der Waals surface area contributed by atoms with Crippen LogP contribution in [0.3, 0.4) is 0 Å². The highest BCUT2D eigenvalue weighted by atomic mass is 35.5. The van der Waals surface area contributed by atoms with E-state index in [0.29, 0.717) is 29.4 Å². The molecule has 1 atom stereocenters. The molecule has 0 saturated carbocycles. The van der Waals surface area contributed by atoms with E-state index in [2.05, 4.69) is 0 Å². The minimum Gasteiger partial charge on any atom is -0.496 e. The number of ether oxygens (including phenoxy) is 3. The van der Waals surface area contributed by atoms with Gasteiger partial charge in [-0.2, -0.15) is 0 Å². The Morgan fingerprint density at radius 1 is 1.19 bits per heavy atom. The molecule has 6 heteroatoms. The summed E-state index contributed by atoms with van der Waals surface area (Å²) in [4.78, 5) is 15.1. The Hall–Kier alpha value is -2.24. The van der Waals surface area contributed by atoms with Gasteiger partial charge >= 0.3 is 0 Å². The molecule has 1 amide bonds. The van der Waals surface area contributed by atoms with Crippen LogP contribution in [0.25, 0.3) is 0 Å². The molecule has 0 N–H and O–H groups in total. The standard InChI is InChI=1S/C21H24ClNO4/c1-25-19-8-4-3-6-15(19)13-23(14-17-7-5-11-27-17)21(24)18-12-16(22)9-10-20(18)26-2/h3-4,6,8-10,12,17H,5,7,11,13-14H2,1-2H3. The number of nitrogens with zero attached hydrogens (tertiary/aromatic N) is 1. The topological polar surface area (TPSA) is 48.0 Å². The van der Waals surface area contributed by atoms with Crippen molar-refractivity contribution in [2.24, 2.45) is 0 Å². The molecule has 144 valence electrons. The minimum absolute atomic E-state index is 0.0360. The van der Waals surface area contributed by atoms with Crippen LogP contribution < -0.4 is 9.47 Å². The average Bonchev–Trinajstić information content (AvgIpc) is 3.20. The summed E-state index contributed by atoms with van der Waals surface area (Å²) in [7, 11) is 3.18. The maximum atomic E-state index is 13.4. The normalized spacial score (nSPS) is 16.2. The van der Waals surface area contributed by atoms with Gasteiger partial charge in [0.15, 0.2) is 0 Å². The van der Waals surface area contributed by atoms with Crippen LogP contribution in [0.15, 0.2) is 42.5 Å². The zero-order valence-electron chi connectivity index (χ0n) is 15.6. The second kappa shape index (κ2) is 9.11. The molecule has 0 aromatic heterocycles. The number of halogens is 1. The van der Waals surface area contributed by atoms with Crippen LogP contribution in [0.5, 0.6) is 11.5 Å². The summed E-state index contributed by atoms with van der Waals surface area (Å²) in [6.07, 6.45) is 2.00. The van der Waals surface area contributed by atoms with Crippen LogP contribution >= 0.6 is 11.6 Å². The number of carbonyl (C=O) groups excluding carboxylic acids is 1. The van der Waals surface area contributed by atoms with Crippen LogP contribution in [0, 0.1) is 0 Å². The summed E-state index contributed by atoms with van der Waals surface area (Å²) in [5, 5.41) is 0.494. The SMILES string of the molecule is COc1ccccc1CN(CC1CCCO1)C(=O)c1cc(Cl)ccc1OC. The van der Waals surface area contributed by atoms with Gasteiger partial charge in [-0.15, -0.1) is 0 Å². The molecule has 1 aliphatic heterocycles. The van der Waals surface area contributed by atoms with Gasteiger partial charge < -0.3 is 19.1 Å². The van der Waals surface area contributed by atoms with Crippen LogP contribution in [-0.2, 0) is 11.3 Å². The molecule has 2 aromatic carbocycles. The van der Waals surface area contributed by atoms with E-state index in [9.17, 15) is 4.79 Å². The lowest BCUT2D eigenvalue weighted by atomic mass is 10.1. The fourth-order valence-corrected chi connectivity index (χ4v) is 3.48. The summed E-state index contributed by atoms with van der Waals surface area (Å²) in [5.41, 5.74) is 1.38. The highest BCUT2D eigenvalue weighted by Gasteiger charge is 2.26. The molecule has 5 nitrogen and oxygen atoms in total. The number of benzene rings is 2. The first-order valence-electron chi connectivity index (χ1n) is 8.98. The molecule has 0 bridgehead atoms. The fourth-order valence-electron chi connectivity index (χ4n) is 3.31. The van der Waals surface area contributed by atoms with Crippen molar-refractivity contribution < 1.29 is 19.0 Å². The lowest BCUT2D eigenvalue weighted by Crippen LogP contribution is -2.37. The van der Waals surface area contributed by atoms with Gasteiger partial charge in [0.25, 0.3) is 5.91 Å². The third kappa shape index (κ3) is 4.73. The molecule has 0 radical (unpaired) electrons. The van der Waals surface area contributed by atoms with Crippen LogP contribution in [-0.4, -0.2) is 44.3 Å². The van der Waals surface area contributed by atoms with Crippen molar-refractivity contribution in [2.45, 2.75) is 25.5 Å². The first kappa shape index (κ1) is 19.5. The first-order valence-corrected chi connectivity index (χ1v) is 9.36. The van der Waals surface area contributed by atoms with Gasteiger partial charge in [0.1, 0.15) is 11.5 Å². The smallest absolute Gasteiger partial charge is 0.258 e. The predicted molar refractivity (Wildman–Crippen MR) is 105 cm³/mol. The maximum Gasteiger partial charge on any atom is 0.258 e. The van der Waals surface area contributed by atoms with Crippen molar-refractivity contribution in [1.29, 1.82) is 0 Å².